The summed E-state index contributed by atoms with van der Waals surface area (Å²) in [5, 5.41) is 2.86. The van der Waals surface area contributed by atoms with Gasteiger partial charge in [-0.05, 0) is 56.2 Å². The summed E-state index contributed by atoms with van der Waals surface area (Å²) in [4.78, 5) is 25.6. The molecule has 5 nitrogen and oxygen atoms in total. The number of likely N-dealkylation sites (N-methyl/N-ethyl adjacent to an activating group) is 1. The molecule has 2 aromatic rings. The van der Waals surface area contributed by atoms with E-state index in [9.17, 15) is 14.0 Å². The normalized spacial score (nSPS) is 10.3. The molecule has 1 N–H and O–H groups in total. The Morgan fingerprint density at radius 2 is 1.65 bits per heavy atom. The van der Waals surface area contributed by atoms with E-state index in [1.807, 2.05) is 32.9 Å². The Balaban J connectivity index is 1.88. The SMILES string of the molecule is Cc1cc(C)c(NC(=O)CN(C)C(=O)COc2ccc(F)cc2)c(C)c1. The number of carbonyl (C=O) groups excluding carboxylic acids is 2. The second kappa shape index (κ2) is 8.47. The number of hydrogen-bond acceptors (Lipinski definition) is 3. The number of ether oxygens (including phenoxy) is 1. The van der Waals surface area contributed by atoms with E-state index in [4.69, 9.17) is 4.74 Å². The Kier molecular flexibility index (Phi) is 6.33. The van der Waals surface area contributed by atoms with E-state index in [1.165, 1.54) is 36.2 Å². The average Bonchev–Trinajstić information content (AvgIpc) is 2.57. The number of benzene rings is 2. The van der Waals surface area contributed by atoms with Crippen molar-refractivity contribution in [2.45, 2.75) is 20.8 Å². The zero-order valence-corrected chi connectivity index (χ0v) is 15.4. The van der Waals surface area contributed by atoms with E-state index < -0.39 is 0 Å². The molecule has 0 heterocycles. The highest BCUT2D eigenvalue weighted by atomic mass is 19.1. The van der Waals surface area contributed by atoms with Gasteiger partial charge in [0.2, 0.25) is 5.91 Å². The molecule has 0 fully saturated rings. The van der Waals surface area contributed by atoms with Crippen LogP contribution in [0.5, 0.6) is 5.75 Å². The summed E-state index contributed by atoms with van der Waals surface area (Å²) in [6, 6.07) is 9.38. The van der Waals surface area contributed by atoms with Crippen LogP contribution in [0.2, 0.25) is 0 Å². The highest BCUT2D eigenvalue weighted by molar-refractivity contribution is 5.95. The molecule has 0 atom stereocenters. The van der Waals surface area contributed by atoms with Gasteiger partial charge in [0.05, 0.1) is 6.54 Å². The maximum absolute atomic E-state index is 12.8. The third-order valence-electron chi connectivity index (χ3n) is 3.92. The highest BCUT2D eigenvalue weighted by Gasteiger charge is 2.15. The number of rotatable bonds is 6. The van der Waals surface area contributed by atoms with Crippen LogP contribution in [0.1, 0.15) is 16.7 Å². The zero-order valence-electron chi connectivity index (χ0n) is 15.4. The molecule has 2 amide bonds. The lowest BCUT2D eigenvalue weighted by Gasteiger charge is -2.18. The summed E-state index contributed by atoms with van der Waals surface area (Å²) in [7, 11) is 1.53. The molecule has 26 heavy (non-hydrogen) atoms. The van der Waals surface area contributed by atoms with E-state index in [-0.39, 0.29) is 30.8 Å². The Morgan fingerprint density at radius 3 is 2.23 bits per heavy atom. The van der Waals surface area contributed by atoms with Gasteiger partial charge >= 0.3 is 0 Å². The van der Waals surface area contributed by atoms with Crippen LogP contribution < -0.4 is 10.1 Å². The van der Waals surface area contributed by atoms with Crippen molar-refractivity contribution in [2.75, 3.05) is 25.5 Å². The fourth-order valence-corrected chi connectivity index (χ4v) is 2.65. The lowest BCUT2D eigenvalue weighted by atomic mass is 10.1. The molecule has 0 unspecified atom stereocenters. The van der Waals surface area contributed by atoms with E-state index in [0.717, 1.165) is 22.4 Å². The van der Waals surface area contributed by atoms with Crippen molar-refractivity contribution in [3.05, 3.63) is 58.9 Å². The average molecular weight is 358 g/mol. The van der Waals surface area contributed by atoms with Crippen LogP contribution >= 0.6 is 0 Å². The Labute approximate surface area is 152 Å². The summed E-state index contributed by atoms with van der Waals surface area (Å²) >= 11 is 0. The van der Waals surface area contributed by atoms with Gasteiger partial charge in [-0.2, -0.15) is 0 Å². The minimum atomic E-state index is -0.376. The molecule has 0 aliphatic carbocycles. The first-order chi connectivity index (χ1) is 12.3. The molecule has 2 aromatic carbocycles. The number of anilines is 1. The van der Waals surface area contributed by atoms with Crippen LogP contribution in [-0.2, 0) is 9.59 Å². The number of hydrogen-bond donors (Lipinski definition) is 1. The molecule has 0 bridgehead atoms. The van der Waals surface area contributed by atoms with Crippen molar-refractivity contribution >= 4 is 17.5 Å². The van der Waals surface area contributed by atoms with Gasteiger partial charge < -0.3 is 15.0 Å². The predicted octanol–water partition coefficient (Wildman–Crippen LogP) is 3.23. The molecular formula is C20H23FN2O3. The van der Waals surface area contributed by atoms with Gasteiger partial charge in [0, 0.05) is 12.7 Å². The lowest BCUT2D eigenvalue weighted by molar-refractivity contribution is -0.135. The maximum atomic E-state index is 12.8. The largest absolute Gasteiger partial charge is 0.484 e. The zero-order chi connectivity index (χ0) is 19.3. The maximum Gasteiger partial charge on any atom is 0.260 e. The molecule has 0 aliphatic heterocycles. The summed E-state index contributed by atoms with van der Waals surface area (Å²) in [6.45, 7) is 5.55. The first kappa shape index (κ1) is 19.4. The summed E-state index contributed by atoms with van der Waals surface area (Å²) < 4.78 is 18.1. The van der Waals surface area contributed by atoms with Gasteiger partial charge in [-0.3, -0.25) is 9.59 Å². The fraction of sp³-hybridized carbons (Fsp3) is 0.300. The fourth-order valence-electron chi connectivity index (χ4n) is 2.65. The smallest absolute Gasteiger partial charge is 0.260 e. The number of carbonyl (C=O) groups is 2. The van der Waals surface area contributed by atoms with Gasteiger partial charge in [-0.15, -0.1) is 0 Å². The molecule has 0 spiro atoms. The number of halogens is 1. The van der Waals surface area contributed by atoms with Gasteiger partial charge in [0.25, 0.3) is 5.91 Å². The third-order valence-corrected chi connectivity index (χ3v) is 3.92. The van der Waals surface area contributed by atoms with Gasteiger partial charge in [-0.25, -0.2) is 4.39 Å². The first-order valence-corrected chi connectivity index (χ1v) is 8.26. The van der Waals surface area contributed by atoms with Crippen LogP contribution in [0.15, 0.2) is 36.4 Å². The number of nitrogens with zero attached hydrogens (tertiary/aromatic N) is 1. The molecular weight excluding hydrogens is 335 g/mol. The van der Waals surface area contributed by atoms with E-state index in [2.05, 4.69) is 5.32 Å². The van der Waals surface area contributed by atoms with E-state index in [0.29, 0.717) is 5.75 Å². The first-order valence-electron chi connectivity index (χ1n) is 8.26. The standard InChI is InChI=1S/C20H23FN2O3/c1-13-9-14(2)20(15(3)10-13)22-18(24)11-23(4)19(25)12-26-17-7-5-16(21)6-8-17/h5-10H,11-12H2,1-4H3,(H,22,24). The van der Waals surface area contributed by atoms with Crippen LogP contribution in [0.3, 0.4) is 0 Å². The van der Waals surface area contributed by atoms with Gasteiger partial charge in [0.15, 0.2) is 6.61 Å². The van der Waals surface area contributed by atoms with Crippen molar-refractivity contribution in [1.82, 2.24) is 4.90 Å². The van der Waals surface area contributed by atoms with Crippen LogP contribution in [0.25, 0.3) is 0 Å². The lowest BCUT2D eigenvalue weighted by Crippen LogP contribution is -2.37. The van der Waals surface area contributed by atoms with Crippen molar-refractivity contribution in [1.29, 1.82) is 0 Å². The number of aryl methyl sites for hydroxylation is 3. The minimum absolute atomic E-state index is 0.0850. The molecule has 6 heteroatoms. The Bertz CT molecular complexity index is 780. The molecule has 138 valence electrons. The monoisotopic (exact) mass is 358 g/mol. The Morgan fingerprint density at radius 1 is 1.08 bits per heavy atom. The molecule has 0 saturated heterocycles. The summed E-state index contributed by atoms with van der Waals surface area (Å²) in [6.07, 6.45) is 0. The summed E-state index contributed by atoms with van der Waals surface area (Å²) in [5.41, 5.74) is 3.85. The van der Waals surface area contributed by atoms with E-state index in [1.54, 1.807) is 0 Å². The molecule has 0 radical (unpaired) electrons. The topological polar surface area (TPSA) is 58.6 Å². The van der Waals surface area contributed by atoms with Crippen molar-refractivity contribution in [3.8, 4) is 5.75 Å². The highest BCUT2D eigenvalue weighted by Crippen LogP contribution is 2.21. The quantitative estimate of drug-likeness (QED) is 0.862. The second-order valence-electron chi connectivity index (χ2n) is 6.31. The molecule has 2 rings (SSSR count). The van der Waals surface area contributed by atoms with Crippen molar-refractivity contribution in [2.24, 2.45) is 0 Å². The van der Waals surface area contributed by atoms with Crippen molar-refractivity contribution in [3.63, 3.8) is 0 Å². The van der Waals surface area contributed by atoms with Gasteiger partial charge in [-0.1, -0.05) is 17.7 Å². The molecule has 0 aromatic heterocycles. The molecule has 0 saturated carbocycles. The predicted molar refractivity (Wildman–Crippen MR) is 98.8 cm³/mol. The number of nitrogens with one attached hydrogen (secondary N) is 1. The van der Waals surface area contributed by atoms with Crippen LogP contribution in [0.4, 0.5) is 10.1 Å². The second-order valence-corrected chi connectivity index (χ2v) is 6.31. The van der Waals surface area contributed by atoms with Gasteiger partial charge in [0.1, 0.15) is 11.6 Å². The van der Waals surface area contributed by atoms with E-state index >= 15 is 0 Å². The van der Waals surface area contributed by atoms with Crippen LogP contribution in [0, 0.1) is 26.6 Å². The Hall–Kier alpha value is -2.89. The number of amides is 2. The third kappa shape index (κ3) is 5.31. The molecule has 0 aliphatic rings. The van der Waals surface area contributed by atoms with Crippen molar-refractivity contribution < 1.29 is 18.7 Å². The summed E-state index contributed by atoms with van der Waals surface area (Å²) in [5.74, 6) is -0.609. The minimum Gasteiger partial charge on any atom is -0.484 e. The van der Waals surface area contributed by atoms with Crippen LogP contribution in [-0.4, -0.2) is 36.9 Å².